The molecule has 0 bridgehead atoms. The lowest BCUT2D eigenvalue weighted by Gasteiger charge is -2.26. The average molecular weight is 285 g/mol. The standard InChI is InChI=1S/C17H20FN3/c1-20(2)14-7-6-12-11-21(17(10-19)16(12)9-14)15-5-3-4-13(18)8-15/h3-9,17H,10-11,19H2,1-2H3. The lowest BCUT2D eigenvalue weighted by molar-refractivity contribution is 0.622. The van der Waals surface area contributed by atoms with Crippen molar-refractivity contribution in [3.63, 3.8) is 0 Å². The van der Waals surface area contributed by atoms with E-state index in [0.717, 1.165) is 17.9 Å². The second-order valence-electron chi connectivity index (χ2n) is 5.64. The van der Waals surface area contributed by atoms with Gasteiger partial charge in [0.15, 0.2) is 0 Å². The number of nitrogens with zero attached hydrogens (tertiary/aromatic N) is 2. The molecule has 0 fully saturated rings. The minimum Gasteiger partial charge on any atom is -0.378 e. The lowest BCUT2D eigenvalue weighted by atomic mass is 10.0. The Labute approximate surface area is 124 Å². The molecule has 0 amide bonds. The summed E-state index contributed by atoms with van der Waals surface area (Å²) < 4.78 is 13.5. The van der Waals surface area contributed by atoms with Crippen LogP contribution in [0.3, 0.4) is 0 Å². The number of fused-ring (bicyclic) bond motifs is 1. The first kappa shape index (κ1) is 13.9. The molecule has 1 heterocycles. The molecule has 2 N–H and O–H groups in total. The first-order valence-electron chi connectivity index (χ1n) is 7.12. The van der Waals surface area contributed by atoms with Gasteiger partial charge in [-0.05, 0) is 41.5 Å². The Hall–Kier alpha value is -2.07. The van der Waals surface area contributed by atoms with Crippen LogP contribution in [0.25, 0.3) is 0 Å². The van der Waals surface area contributed by atoms with Crippen LogP contribution in [-0.2, 0) is 6.54 Å². The van der Waals surface area contributed by atoms with Crippen LogP contribution in [0.15, 0.2) is 42.5 Å². The molecule has 1 aliphatic rings. The number of halogens is 1. The van der Waals surface area contributed by atoms with Crippen molar-refractivity contribution in [1.82, 2.24) is 0 Å². The Bertz CT molecular complexity index is 654. The number of anilines is 2. The molecular weight excluding hydrogens is 265 g/mol. The van der Waals surface area contributed by atoms with Gasteiger partial charge in [-0.15, -0.1) is 0 Å². The normalized spacial score (nSPS) is 17.0. The van der Waals surface area contributed by atoms with E-state index in [9.17, 15) is 4.39 Å². The molecule has 0 saturated heterocycles. The fourth-order valence-corrected chi connectivity index (χ4v) is 2.96. The lowest BCUT2D eigenvalue weighted by Crippen LogP contribution is -2.27. The summed E-state index contributed by atoms with van der Waals surface area (Å²) in [5, 5.41) is 0. The van der Waals surface area contributed by atoms with Crippen LogP contribution >= 0.6 is 0 Å². The Morgan fingerprint density at radius 3 is 2.71 bits per heavy atom. The molecule has 0 radical (unpaired) electrons. The maximum Gasteiger partial charge on any atom is 0.125 e. The fourth-order valence-electron chi connectivity index (χ4n) is 2.96. The van der Waals surface area contributed by atoms with Gasteiger partial charge in [0, 0.05) is 38.6 Å². The number of hydrogen-bond acceptors (Lipinski definition) is 3. The molecule has 0 aliphatic carbocycles. The topological polar surface area (TPSA) is 32.5 Å². The highest BCUT2D eigenvalue weighted by atomic mass is 19.1. The molecule has 1 atom stereocenters. The van der Waals surface area contributed by atoms with Gasteiger partial charge in [0.25, 0.3) is 0 Å². The number of benzene rings is 2. The van der Waals surface area contributed by atoms with Crippen LogP contribution < -0.4 is 15.5 Å². The Kier molecular flexibility index (Phi) is 3.55. The van der Waals surface area contributed by atoms with E-state index in [1.165, 1.54) is 17.2 Å². The molecule has 21 heavy (non-hydrogen) atoms. The summed E-state index contributed by atoms with van der Waals surface area (Å²) >= 11 is 0. The van der Waals surface area contributed by atoms with E-state index in [1.807, 2.05) is 20.2 Å². The van der Waals surface area contributed by atoms with Gasteiger partial charge >= 0.3 is 0 Å². The van der Waals surface area contributed by atoms with E-state index < -0.39 is 0 Å². The Morgan fingerprint density at radius 1 is 1.24 bits per heavy atom. The molecule has 4 heteroatoms. The second-order valence-corrected chi connectivity index (χ2v) is 5.64. The van der Waals surface area contributed by atoms with E-state index in [0.29, 0.717) is 6.54 Å². The minimum absolute atomic E-state index is 0.0988. The van der Waals surface area contributed by atoms with Crippen molar-refractivity contribution in [3.05, 3.63) is 59.4 Å². The highest BCUT2D eigenvalue weighted by Gasteiger charge is 2.29. The van der Waals surface area contributed by atoms with E-state index in [2.05, 4.69) is 28.0 Å². The van der Waals surface area contributed by atoms with Crippen molar-refractivity contribution in [2.75, 3.05) is 30.4 Å². The molecule has 3 nitrogen and oxygen atoms in total. The summed E-state index contributed by atoms with van der Waals surface area (Å²) in [4.78, 5) is 4.26. The molecule has 1 aliphatic heterocycles. The van der Waals surface area contributed by atoms with Crippen molar-refractivity contribution in [2.45, 2.75) is 12.6 Å². The van der Waals surface area contributed by atoms with Crippen LogP contribution in [0.1, 0.15) is 17.2 Å². The predicted octanol–water partition coefficient (Wildman–Crippen LogP) is 2.91. The minimum atomic E-state index is -0.215. The van der Waals surface area contributed by atoms with Crippen molar-refractivity contribution < 1.29 is 4.39 Å². The summed E-state index contributed by atoms with van der Waals surface area (Å²) in [6.07, 6.45) is 0. The maximum absolute atomic E-state index is 13.5. The maximum atomic E-state index is 13.5. The highest BCUT2D eigenvalue weighted by Crippen LogP contribution is 2.38. The quantitative estimate of drug-likeness (QED) is 0.941. The zero-order chi connectivity index (χ0) is 15.0. The van der Waals surface area contributed by atoms with Gasteiger partial charge in [-0.25, -0.2) is 4.39 Å². The largest absolute Gasteiger partial charge is 0.378 e. The van der Waals surface area contributed by atoms with E-state index in [-0.39, 0.29) is 11.9 Å². The summed E-state index contributed by atoms with van der Waals surface area (Å²) in [5.74, 6) is -0.215. The molecule has 0 saturated carbocycles. The summed E-state index contributed by atoms with van der Waals surface area (Å²) in [7, 11) is 4.05. The first-order chi connectivity index (χ1) is 10.1. The molecule has 2 aromatic carbocycles. The van der Waals surface area contributed by atoms with Crippen LogP contribution in [-0.4, -0.2) is 20.6 Å². The van der Waals surface area contributed by atoms with Crippen LogP contribution in [0.5, 0.6) is 0 Å². The summed E-state index contributed by atoms with van der Waals surface area (Å²) in [5.41, 5.74) is 10.5. The second kappa shape index (κ2) is 5.37. The monoisotopic (exact) mass is 285 g/mol. The van der Waals surface area contributed by atoms with Gasteiger partial charge < -0.3 is 15.5 Å². The molecule has 0 aromatic heterocycles. The SMILES string of the molecule is CN(C)c1ccc2c(c1)C(CN)N(c1cccc(F)c1)C2. The zero-order valence-corrected chi connectivity index (χ0v) is 12.4. The van der Waals surface area contributed by atoms with Gasteiger partial charge in [0.05, 0.1) is 6.04 Å². The fraction of sp³-hybridized carbons (Fsp3) is 0.294. The Morgan fingerprint density at radius 2 is 2.05 bits per heavy atom. The van der Waals surface area contributed by atoms with Crippen molar-refractivity contribution in [2.24, 2.45) is 5.73 Å². The van der Waals surface area contributed by atoms with Gasteiger partial charge in [0.1, 0.15) is 5.82 Å². The van der Waals surface area contributed by atoms with Gasteiger partial charge in [-0.2, -0.15) is 0 Å². The first-order valence-corrected chi connectivity index (χ1v) is 7.12. The van der Waals surface area contributed by atoms with Crippen LogP contribution in [0.2, 0.25) is 0 Å². The number of hydrogen-bond donors (Lipinski definition) is 1. The third kappa shape index (κ3) is 2.47. The third-order valence-corrected chi connectivity index (χ3v) is 4.08. The van der Waals surface area contributed by atoms with Crippen molar-refractivity contribution >= 4 is 11.4 Å². The van der Waals surface area contributed by atoms with Crippen LogP contribution in [0.4, 0.5) is 15.8 Å². The third-order valence-electron chi connectivity index (χ3n) is 4.08. The summed E-state index contributed by atoms with van der Waals surface area (Å²) in [6.45, 7) is 1.29. The Balaban J connectivity index is 2.00. The van der Waals surface area contributed by atoms with Gasteiger partial charge in [-0.1, -0.05) is 12.1 Å². The van der Waals surface area contributed by atoms with Gasteiger partial charge in [-0.3, -0.25) is 0 Å². The van der Waals surface area contributed by atoms with E-state index in [1.54, 1.807) is 12.1 Å². The molecular formula is C17H20FN3. The molecule has 3 rings (SSSR count). The summed E-state index contributed by atoms with van der Waals surface area (Å²) in [6, 6.07) is 13.3. The smallest absolute Gasteiger partial charge is 0.125 e. The zero-order valence-electron chi connectivity index (χ0n) is 12.4. The van der Waals surface area contributed by atoms with Crippen LogP contribution in [0, 0.1) is 5.82 Å². The molecule has 1 unspecified atom stereocenters. The molecule has 110 valence electrons. The van der Waals surface area contributed by atoms with Gasteiger partial charge in [0.2, 0.25) is 0 Å². The molecule has 2 aromatic rings. The highest BCUT2D eigenvalue weighted by molar-refractivity contribution is 5.59. The number of nitrogens with two attached hydrogens (primary N) is 1. The number of rotatable bonds is 3. The van der Waals surface area contributed by atoms with Crippen molar-refractivity contribution in [1.29, 1.82) is 0 Å². The molecule has 0 spiro atoms. The average Bonchev–Trinajstić information content (AvgIpc) is 2.84. The predicted molar refractivity (Wildman–Crippen MR) is 85.1 cm³/mol. The van der Waals surface area contributed by atoms with E-state index >= 15 is 0 Å². The van der Waals surface area contributed by atoms with E-state index in [4.69, 9.17) is 5.73 Å². The van der Waals surface area contributed by atoms with Crippen molar-refractivity contribution in [3.8, 4) is 0 Å².